The third kappa shape index (κ3) is 4.46. The third-order valence-corrected chi connectivity index (χ3v) is 4.48. The van der Waals surface area contributed by atoms with E-state index >= 15 is 0 Å². The Hall–Kier alpha value is -1.08. The first-order valence-corrected chi connectivity index (χ1v) is 9.08. The highest BCUT2D eigenvalue weighted by Crippen LogP contribution is 2.20. The first-order valence-electron chi connectivity index (χ1n) is 7.18. The van der Waals surface area contributed by atoms with Gasteiger partial charge in [-0.05, 0) is 17.5 Å². The van der Waals surface area contributed by atoms with E-state index in [9.17, 15) is 4.79 Å². The fourth-order valence-electron chi connectivity index (χ4n) is 1.90. The molecule has 0 saturated carbocycles. The predicted octanol–water partition coefficient (Wildman–Crippen LogP) is 4.21. The lowest BCUT2D eigenvalue weighted by Crippen LogP contribution is -2.23. The van der Waals surface area contributed by atoms with Gasteiger partial charge in [-0.2, -0.15) is 5.10 Å². The molecule has 4 nitrogen and oxygen atoms in total. The van der Waals surface area contributed by atoms with Crippen molar-refractivity contribution in [3.8, 4) is 5.75 Å². The van der Waals surface area contributed by atoms with E-state index in [1.165, 1.54) is 16.4 Å². The van der Waals surface area contributed by atoms with Gasteiger partial charge in [-0.3, -0.25) is 4.79 Å². The number of unbranched alkanes of at least 4 members (excludes halogenated alkanes) is 1. The van der Waals surface area contributed by atoms with E-state index in [4.69, 9.17) is 16.3 Å². The van der Waals surface area contributed by atoms with Crippen molar-refractivity contribution in [3.63, 3.8) is 0 Å². The number of aromatic nitrogens is 2. The van der Waals surface area contributed by atoms with Crippen molar-refractivity contribution in [3.05, 3.63) is 57.0 Å². The van der Waals surface area contributed by atoms with Crippen LogP contribution in [0.15, 0.2) is 35.3 Å². The zero-order chi connectivity index (χ0) is 15.9. The Morgan fingerprint density at radius 2 is 1.95 bits per heavy atom. The number of halogens is 2. The standard InChI is InChI=1S/C16H18ClIN2O2/c1-2-3-8-20-16(21)15(17)14(10-19-20)22-11-13-6-4-12(9-18)5-7-13/h4-7,10H,2-3,8-9,11H2,1H3. The second-order valence-electron chi connectivity index (χ2n) is 4.94. The third-order valence-electron chi connectivity index (χ3n) is 3.25. The number of rotatable bonds is 7. The molecule has 0 fully saturated rings. The van der Waals surface area contributed by atoms with Crippen molar-refractivity contribution in [1.29, 1.82) is 0 Å². The average Bonchev–Trinajstić information content (AvgIpc) is 2.56. The monoisotopic (exact) mass is 432 g/mol. The summed E-state index contributed by atoms with van der Waals surface area (Å²) < 4.78 is 7.99. The van der Waals surface area contributed by atoms with Gasteiger partial charge in [0, 0.05) is 11.0 Å². The SMILES string of the molecule is CCCCn1ncc(OCc2ccc(CI)cc2)c(Cl)c1=O. The van der Waals surface area contributed by atoms with E-state index in [0.717, 1.165) is 22.8 Å². The Kier molecular flexibility index (Phi) is 6.70. The van der Waals surface area contributed by atoms with Gasteiger partial charge in [-0.15, -0.1) is 0 Å². The molecule has 0 unspecified atom stereocenters. The molecular formula is C16H18ClIN2O2. The highest BCUT2D eigenvalue weighted by molar-refractivity contribution is 14.1. The fourth-order valence-corrected chi connectivity index (χ4v) is 2.61. The van der Waals surface area contributed by atoms with E-state index in [1.807, 2.05) is 12.1 Å². The zero-order valence-corrected chi connectivity index (χ0v) is 15.3. The number of hydrogen-bond donors (Lipinski definition) is 0. The number of alkyl halides is 1. The maximum atomic E-state index is 12.1. The Labute approximate surface area is 148 Å². The lowest BCUT2D eigenvalue weighted by Gasteiger charge is -2.10. The van der Waals surface area contributed by atoms with Crippen LogP contribution >= 0.6 is 34.2 Å². The van der Waals surface area contributed by atoms with Crippen molar-refractivity contribution in [2.45, 2.75) is 37.3 Å². The van der Waals surface area contributed by atoms with Crippen LogP contribution in [0.3, 0.4) is 0 Å². The van der Waals surface area contributed by atoms with Crippen LogP contribution in [-0.2, 0) is 17.6 Å². The van der Waals surface area contributed by atoms with Gasteiger partial charge in [-0.25, -0.2) is 4.68 Å². The van der Waals surface area contributed by atoms with E-state index in [2.05, 4.69) is 46.7 Å². The van der Waals surface area contributed by atoms with Crippen LogP contribution in [0.5, 0.6) is 5.75 Å². The molecule has 0 bridgehead atoms. The molecule has 1 heterocycles. The van der Waals surface area contributed by atoms with Gasteiger partial charge in [0.25, 0.3) is 5.56 Å². The van der Waals surface area contributed by atoms with E-state index in [-0.39, 0.29) is 10.6 Å². The molecule has 0 N–H and O–H groups in total. The Balaban J connectivity index is 2.06. The average molecular weight is 433 g/mol. The number of benzene rings is 1. The highest BCUT2D eigenvalue weighted by atomic mass is 127. The van der Waals surface area contributed by atoms with E-state index in [0.29, 0.717) is 18.9 Å². The smallest absolute Gasteiger partial charge is 0.289 e. The minimum Gasteiger partial charge on any atom is -0.485 e. The number of nitrogens with zero attached hydrogens (tertiary/aromatic N) is 2. The summed E-state index contributed by atoms with van der Waals surface area (Å²) in [5.41, 5.74) is 2.00. The second-order valence-corrected chi connectivity index (χ2v) is 6.08. The molecule has 2 aromatic rings. The molecule has 0 aliphatic heterocycles. The molecule has 0 spiro atoms. The predicted molar refractivity (Wildman–Crippen MR) is 96.9 cm³/mol. The molecule has 0 aliphatic rings. The van der Waals surface area contributed by atoms with Gasteiger partial charge < -0.3 is 4.74 Å². The first kappa shape index (κ1) is 17.3. The van der Waals surface area contributed by atoms with Crippen LogP contribution < -0.4 is 10.3 Å². The molecule has 0 radical (unpaired) electrons. The van der Waals surface area contributed by atoms with Crippen molar-refractivity contribution in [2.24, 2.45) is 0 Å². The van der Waals surface area contributed by atoms with Crippen LogP contribution in [0.2, 0.25) is 5.02 Å². The molecule has 22 heavy (non-hydrogen) atoms. The molecule has 2 rings (SSSR count). The van der Waals surface area contributed by atoms with Gasteiger partial charge in [0.2, 0.25) is 0 Å². The van der Waals surface area contributed by atoms with Crippen LogP contribution in [0.1, 0.15) is 30.9 Å². The van der Waals surface area contributed by atoms with Crippen LogP contribution in [0, 0.1) is 0 Å². The van der Waals surface area contributed by atoms with E-state index < -0.39 is 0 Å². The molecule has 1 aromatic heterocycles. The van der Waals surface area contributed by atoms with Crippen LogP contribution in [-0.4, -0.2) is 9.78 Å². The molecule has 118 valence electrons. The largest absolute Gasteiger partial charge is 0.485 e. The summed E-state index contributed by atoms with van der Waals surface area (Å²) in [4.78, 5) is 12.1. The van der Waals surface area contributed by atoms with Crippen LogP contribution in [0.4, 0.5) is 0 Å². The van der Waals surface area contributed by atoms with Crippen molar-refractivity contribution in [1.82, 2.24) is 9.78 Å². The molecule has 0 aliphatic carbocycles. The highest BCUT2D eigenvalue weighted by Gasteiger charge is 2.10. The maximum absolute atomic E-state index is 12.1. The topological polar surface area (TPSA) is 44.1 Å². The van der Waals surface area contributed by atoms with Gasteiger partial charge in [0.1, 0.15) is 6.61 Å². The molecule has 0 atom stereocenters. The molecular weight excluding hydrogens is 415 g/mol. The Morgan fingerprint density at radius 3 is 2.59 bits per heavy atom. The zero-order valence-electron chi connectivity index (χ0n) is 12.4. The molecule has 6 heteroatoms. The van der Waals surface area contributed by atoms with Gasteiger partial charge in [-0.1, -0.05) is 71.8 Å². The van der Waals surface area contributed by atoms with Gasteiger partial charge >= 0.3 is 0 Å². The maximum Gasteiger partial charge on any atom is 0.289 e. The lowest BCUT2D eigenvalue weighted by molar-refractivity contribution is 0.302. The van der Waals surface area contributed by atoms with Crippen LogP contribution in [0.25, 0.3) is 0 Å². The normalized spacial score (nSPS) is 10.7. The quantitative estimate of drug-likeness (QED) is 0.486. The summed E-state index contributed by atoms with van der Waals surface area (Å²) in [5.74, 6) is 0.331. The second kappa shape index (κ2) is 8.53. The summed E-state index contributed by atoms with van der Waals surface area (Å²) in [7, 11) is 0. The summed E-state index contributed by atoms with van der Waals surface area (Å²) >= 11 is 8.41. The van der Waals surface area contributed by atoms with Crippen molar-refractivity contribution in [2.75, 3.05) is 0 Å². The number of aryl methyl sites for hydroxylation is 1. The fraction of sp³-hybridized carbons (Fsp3) is 0.375. The van der Waals surface area contributed by atoms with Gasteiger partial charge in [0.15, 0.2) is 10.8 Å². The summed E-state index contributed by atoms with van der Waals surface area (Å²) in [6.45, 7) is 3.00. The first-order chi connectivity index (χ1) is 10.7. The summed E-state index contributed by atoms with van der Waals surface area (Å²) in [6, 6.07) is 8.15. The van der Waals surface area contributed by atoms with Gasteiger partial charge in [0.05, 0.1) is 6.20 Å². The molecule has 1 aromatic carbocycles. The minimum atomic E-state index is -0.298. The lowest BCUT2D eigenvalue weighted by atomic mass is 10.2. The molecule has 0 saturated heterocycles. The Morgan fingerprint density at radius 1 is 1.27 bits per heavy atom. The van der Waals surface area contributed by atoms with E-state index in [1.54, 1.807) is 0 Å². The summed E-state index contributed by atoms with van der Waals surface area (Å²) in [5, 5.41) is 4.20. The van der Waals surface area contributed by atoms with Crippen molar-refractivity contribution >= 4 is 34.2 Å². The van der Waals surface area contributed by atoms with Crippen molar-refractivity contribution < 1.29 is 4.74 Å². The Bertz CT molecular complexity index is 671. The molecule has 0 amide bonds. The minimum absolute atomic E-state index is 0.0926. The number of hydrogen-bond acceptors (Lipinski definition) is 3. The number of ether oxygens (including phenoxy) is 1. The summed E-state index contributed by atoms with van der Waals surface area (Å²) in [6.07, 6.45) is 3.41.